The normalized spacial score (nSPS) is 17.9. The summed E-state index contributed by atoms with van der Waals surface area (Å²) in [5.41, 5.74) is 2.30. The summed E-state index contributed by atoms with van der Waals surface area (Å²) in [6, 6.07) is 12.6. The number of halogens is 1. The van der Waals surface area contributed by atoms with Gasteiger partial charge in [-0.2, -0.15) is 0 Å². The van der Waals surface area contributed by atoms with Crippen molar-refractivity contribution >= 4 is 34.7 Å². The van der Waals surface area contributed by atoms with E-state index in [1.54, 1.807) is 62.6 Å². The number of nitrogens with zero attached hydrogens (tertiary/aromatic N) is 1. The summed E-state index contributed by atoms with van der Waals surface area (Å²) >= 11 is 6.18. The Morgan fingerprint density at radius 3 is 2.52 bits per heavy atom. The van der Waals surface area contributed by atoms with Crippen molar-refractivity contribution in [1.29, 1.82) is 0 Å². The van der Waals surface area contributed by atoms with Crippen LogP contribution in [0.4, 0.5) is 5.69 Å². The molecule has 2 heterocycles. The quantitative estimate of drug-likeness (QED) is 0.345. The summed E-state index contributed by atoms with van der Waals surface area (Å²) in [4.78, 5) is 27.6. The molecule has 3 aromatic rings. The van der Waals surface area contributed by atoms with Crippen LogP contribution in [0.2, 0.25) is 5.02 Å². The van der Waals surface area contributed by atoms with E-state index in [1.807, 2.05) is 6.92 Å². The number of methoxy groups -OCH3 is 1. The highest BCUT2D eigenvalue weighted by Gasteiger charge is 2.48. The van der Waals surface area contributed by atoms with Gasteiger partial charge < -0.3 is 14.3 Å². The number of ketones is 1. The second kappa shape index (κ2) is 7.96. The number of Topliss-reactive ketones (excluding diaryl/α,β-unsaturated/α-hetero) is 1. The Morgan fingerprint density at radius 2 is 1.87 bits per heavy atom. The van der Waals surface area contributed by atoms with Crippen LogP contribution in [0.15, 0.2) is 64.8 Å². The van der Waals surface area contributed by atoms with Gasteiger partial charge in [-0.05, 0) is 67.4 Å². The number of hydrogen-bond acceptors (Lipinski definition) is 5. The van der Waals surface area contributed by atoms with E-state index >= 15 is 0 Å². The van der Waals surface area contributed by atoms with Gasteiger partial charge in [0, 0.05) is 16.3 Å². The predicted molar refractivity (Wildman–Crippen MR) is 117 cm³/mol. The molecule has 1 amide bonds. The highest BCUT2D eigenvalue weighted by Crippen LogP contribution is 2.44. The molecule has 4 rings (SSSR count). The molecule has 0 radical (unpaired) electrons. The van der Waals surface area contributed by atoms with E-state index in [-0.39, 0.29) is 11.3 Å². The van der Waals surface area contributed by atoms with Crippen LogP contribution in [-0.4, -0.2) is 23.9 Å². The van der Waals surface area contributed by atoms with Gasteiger partial charge in [0.05, 0.1) is 18.9 Å². The van der Waals surface area contributed by atoms with Gasteiger partial charge >= 0.3 is 0 Å². The van der Waals surface area contributed by atoms with E-state index in [0.29, 0.717) is 33.3 Å². The van der Waals surface area contributed by atoms with Gasteiger partial charge in [-0.25, -0.2) is 0 Å². The monoisotopic (exact) mass is 437 g/mol. The maximum atomic E-state index is 13.1. The second-order valence-corrected chi connectivity index (χ2v) is 7.73. The number of aliphatic hydroxyl groups is 1. The molecule has 6 nitrogen and oxygen atoms in total. The van der Waals surface area contributed by atoms with E-state index in [1.165, 1.54) is 11.2 Å². The number of anilines is 1. The number of ether oxygens (including phenoxy) is 1. The van der Waals surface area contributed by atoms with Crippen LogP contribution in [0.3, 0.4) is 0 Å². The molecule has 0 spiro atoms. The highest BCUT2D eigenvalue weighted by molar-refractivity contribution is 6.52. The fourth-order valence-corrected chi connectivity index (χ4v) is 3.98. The van der Waals surface area contributed by atoms with Gasteiger partial charge in [-0.3, -0.25) is 14.5 Å². The molecule has 0 bridgehead atoms. The molecule has 1 N–H and O–H groups in total. The lowest BCUT2D eigenvalue weighted by Crippen LogP contribution is -2.30. The van der Waals surface area contributed by atoms with Crippen molar-refractivity contribution in [3.63, 3.8) is 0 Å². The third-order valence-corrected chi connectivity index (χ3v) is 5.61. The lowest BCUT2D eigenvalue weighted by atomic mass is 9.96. The fraction of sp³-hybridized carbons (Fsp3) is 0.167. The zero-order chi connectivity index (χ0) is 22.3. The van der Waals surface area contributed by atoms with Crippen molar-refractivity contribution in [1.82, 2.24) is 0 Å². The number of benzene rings is 2. The first-order valence-electron chi connectivity index (χ1n) is 9.59. The van der Waals surface area contributed by atoms with Crippen LogP contribution in [0.5, 0.6) is 5.75 Å². The molecule has 1 aliphatic heterocycles. The van der Waals surface area contributed by atoms with E-state index < -0.39 is 17.7 Å². The summed E-state index contributed by atoms with van der Waals surface area (Å²) in [6.45, 7) is 3.61. The van der Waals surface area contributed by atoms with E-state index in [9.17, 15) is 14.7 Å². The molecule has 1 aromatic heterocycles. The maximum absolute atomic E-state index is 13.1. The van der Waals surface area contributed by atoms with E-state index in [2.05, 4.69) is 0 Å². The minimum atomic E-state index is -0.936. The van der Waals surface area contributed by atoms with Crippen molar-refractivity contribution < 1.29 is 23.8 Å². The summed E-state index contributed by atoms with van der Waals surface area (Å²) < 4.78 is 10.8. The molecule has 1 fully saturated rings. The van der Waals surface area contributed by atoms with Crippen LogP contribution in [0, 0.1) is 13.8 Å². The third kappa shape index (κ3) is 3.49. The van der Waals surface area contributed by atoms with Gasteiger partial charge in [0.15, 0.2) is 0 Å². The number of hydrogen-bond donors (Lipinski definition) is 1. The Hall–Kier alpha value is -3.51. The average Bonchev–Trinajstić information content (AvgIpc) is 3.36. The Balaban J connectivity index is 1.95. The Labute approximate surface area is 184 Å². The van der Waals surface area contributed by atoms with Gasteiger partial charge in [0.1, 0.15) is 23.3 Å². The molecule has 1 unspecified atom stereocenters. The van der Waals surface area contributed by atoms with E-state index in [4.69, 9.17) is 20.8 Å². The van der Waals surface area contributed by atoms with Crippen molar-refractivity contribution in [2.24, 2.45) is 0 Å². The molecular formula is C24H20ClNO5. The Bertz CT molecular complexity index is 1210. The SMILES string of the molecule is COc1ccc(/C(O)=C2/C(=O)C(=O)N(c3cc(Cl)ccc3C)C2c2ccco2)c(C)c1. The zero-order valence-electron chi connectivity index (χ0n) is 17.2. The predicted octanol–water partition coefficient (Wildman–Crippen LogP) is 5.18. The van der Waals surface area contributed by atoms with Crippen LogP contribution in [-0.2, 0) is 9.59 Å². The Kier molecular flexibility index (Phi) is 5.33. The largest absolute Gasteiger partial charge is 0.507 e. The van der Waals surface area contributed by atoms with Crippen molar-refractivity contribution in [2.75, 3.05) is 12.0 Å². The maximum Gasteiger partial charge on any atom is 0.300 e. The lowest BCUT2D eigenvalue weighted by molar-refractivity contribution is -0.132. The summed E-state index contributed by atoms with van der Waals surface area (Å²) in [5, 5.41) is 11.6. The number of amides is 1. The van der Waals surface area contributed by atoms with Crippen LogP contribution < -0.4 is 9.64 Å². The molecule has 158 valence electrons. The molecule has 2 aromatic carbocycles. The molecule has 0 saturated carbocycles. The molecule has 1 saturated heterocycles. The van der Waals surface area contributed by atoms with Gasteiger partial charge in [-0.15, -0.1) is 0 Å². The number of rotatable bonds is 4. The standard InChI is InChI=1S/C24H20ClNO5/c1-13-6-7-15(25)12-18(13)26-21(19-5-4-10-31-19)20(23(28)24(26)29)22(27)17-9-8-16(30-3)11-14(17)2/h4-12,21,27H,1-3H3/b22-20-. The van der Waals surface area contributed by atoms with Crippen molar-refractivity contribution in [2.45, 2.75) is 19.9 Å². The number of aryl methyl sites for hydroxylation is 2. The van der Waals surface area contributed by atoms with E-state index in [0.717, 1.165) is 5.56 Å². The van der Waals surface area contributed by atoms with Crippen molar-refractivity contribution in [3.05, 3.63) is 87.8 Å². The minimum Gasteiger partial charge on any atom is -0.507 e. The van der Waals surface area contributed by atoms with Crippen LogP contribution in [0.1, 0.15) is 28.5 Å². The fourth-order valence-electron chi connectivity index (χ4n) is 3.81. The molecule has 1 aliphatic rings. The molecule has 31 heavy (non-hydrogen) atoms. The summed E-state index contributed by atoms with van der Waals surface area (Å²) in [7, 11) is 1.55. The van der Waals surface area contributed by atoms with Crippen molar-refractivity contribution in [3.8, 4) is 5.75 Å². The first-order valence-corrected chi connectivity index (χ1v) is 9.97. The third-order valence-electron chi connectivity index (χ3n) is 5.38. The highest BCUT2D eigenvalue weighted by atomic mass is 35.5. The van der Waals surface area contributed by atoms with Gasteiger partial charge in [0.2, 0.25) is 0 Å². The first kappa shape index (κ1) is 20.8. The second-order valence-electron chi connectivity index (χ2n) is 7.30. The average molecular weight is 438 g/mol. The van der Waals surface area contributed by atoms with Crippen LogP contribution >= 0.6 is 11.6 Å². The lowest BCUT2D eigenvalue weighted by Gasteiger charge is -2.25. The zero-order valence-corrected chi connectivity index (χ0v) is 17.9. The first-order chi connectivity index (χ1) is 14.8. The molecular weight excluding hydrogens is 418 g/mol. The smallest absolute Gasteiger partial charge is 0.300 e. The Morgan fingerprint density at radius 1 is 1.10 bits per heavy atom. The molecule has 1 atom stereocenters. The minimum absolute atomic E-state index is 0.0485. The number of furan rings is 1. The summed E-state index contributed by atoms with van der Waals surface area (Å²) in [5.74, 6) is -0.868. The topological polar surface area (TPSA) is 80.0 Å². The number of aliphatic hydroxyl groups excluding tert-OH is 1. The number of carbonyl (C=O) groups excluding carboxylic acids is 2. The van der Waals surface area contributed by atoms with Gasteiger partial charge in [0.25, 0.3) is 11.7 Å². The van der Waals surface area contributed by atoms with Crippen LogP contribution in [0.25, 0.3) is 5.76 Å². The molecule has 0 aliphatic carbocycles. The van der Waals surface area contributed by atoms with Gasteiger partial charge in [-0.1, -0.05) is 17.7 Å². The number of carbonyl (C=O) groups is 2. The molecule has 7 heteroatoms. The summed E-state index contributed by atoms with van der Waals surface area (Å²) in [6.07, 6.45) is 1.46.